The van der Waals surface area contributed by atoms with E-state index >= 15 is 0 Å². The van der Waals surface area contributed by atoms with Crippen LogP contribution in [-0.2, 0) is 6.42 Å². The molecular formula is C19H24N2O2. The average molecular weight is 312 g/mol. The van der Waals surface area contributed by atoms with E-state index in [0.717, 1.165) is 22.5 Å². The van der Waals surface area contributed by atoms with E-state index < -0.39 is 5.60 Å². The van der Waals surface area contributed by atoms with Gasteiger partial charge in [0.15, 0.2) is 0 Å². The monoisotopic (exact) mass is 312 g/mol. The lowest BCUT2D eigenvalue weighted by Crippen LogP contribution is -2.32. The summed E-state index contributed by atoms with van der Waals surface area (Å²) in [6.45, 7) is 5.47. The first-order valence-electron chi connectivity index (χ1n) is 7.68. The number of hydrogen-bond acceptors (Lipinski definition) is 2. The molecule has 2 aromatic rings. The van der Waals surface area contributed by atoms with E-state index in [1.165, 1.54) is 0 Å². The molecular weight excluding hydrogens is 288 g/mol. The number of carbonyl (C=O) groups excluding carboxylic acids is 1. The second-order valence-corrected chi connectivity index (χ2v) is 6.42. The molecule has 0 fully saturated rings. The fraction of sp³-hybridized carbons (Fsp3) is 0.316. The van der Waals surface area contributed by atoms with Gasteiger partial charge in [-0.3, -0.25) is 4.90 Å². The van der Waals surface area contributed by atoms with Crippen LogP contribution >= 0.6 is 0 Å². The Morgan fingerprint density at radius 1 is 1.13 bits per heavy atom. The molecule has 0 heterocycles. The summed E-state index contributed by atoms with van der Waals surface area (Å²) < 4.78 is 0. The van der Waals surface area contributed by atoms with Gasteiger partial charge in [0.25, 0.3) is 0 Å². The molecule has 0 spiro atoms. The van der Waals surface area contributed by atoms with E-state index in [-0.39, 0.29) is 6.03 Å². The number of nitrogens with zero attached hydrogens (tertiary/aromatic N) is 1. The highest BCUT2D eigenvalue weighted by Crippen LogP contribution is 2.25. The lowest BCUT2D eigenvalue weighted by atomic mass is 9.95. The van der Waals surface area contributed by atoms with Gasteiger partial charge in [0.2, 0.25) is 0 Å². The van der Waals surface area contributed by atoms with Crippen molar-refractivity contribution in [2.45, 2.75) is 32.8 Å². The summed E-state index contributed by atoms with van der Waals surface area (Å²) in [6.07, 6.45) is 0.472. The third kappa shape index (κ3) is 4.57. The zero-order chi connectivity index (χ0) is 17.0. The van der Waals surface area contributed by atoms with Crippen LogP contribution in [0.3, 0.4) is 0 Å². The standard InChI is InChI=1S/C19H24N2O2/c1-14-9-8-10-15(13-19(2,3)23)17(14)20-18(22)21(4)16-11-6-5-7-12-16/h5-12,23H,13H2,1-4H3,(H,20,22). The average Bonchev–Trinajstić information content (AvgIpc) is 2.49. The van der Waals surface area contributed by atoms with Crippen LogP contribution in [0.15, 0.2) is 48.5 Å². The van der Waals surface area contributed by atoms with Crippen molar-refractivity contribution in [3.63, 3.8) is 0 Å². The summed E-state index contributed by atoms with van der Waals surface area (Å²) in [5, 5.41) is 13.1. The summed E-state index contributed by atoms with van der Waals surface area (Å²) in [5.41, 5.74) is 2.65. The molecule has 0 aromatic heterocycles. The highest BCUT2D eigenvalue weighted by molar-refractivity contribution is 6.02. The second kappa shape index (κ2) is 6.84. The van der Waals surface area contributed by atoms with Gasteiger partial charge in [-0.1, -0.05) is 36.4 Å². The molecule has 0 bridgehead atoms. The summed E-state index contributed by atoms with van der Waals surface area (Å²) in [4.78, 5) is 14.1. The molecule has 0 aliphatic heterocycles. The number of carbonyl (C=O) groups is 1. The van der Waals surface area contributed by atoms with Crippen LogP contribution in [0, 0.1) is 6.92 Å². The quantitative estimate of drug-likeness (QED) is 0.897. The first-order chi connectivity index (χ1) is 10.8. The Morgan fingerprint density at radius 2 is 1.78 bits per heavy atom. The lowest BCUT2D eigenvalue weighted by Gasteiger charge is -2.23. The van der Waals surface area contributed by atoms with Gasteiger partial charge in [-0.15, -0.1) is 0 Å². The van der Waals surface area contributed by atoms with E-state index in [1.807, 2.05) is 55.5 Å². The smallest absolute Gasteiger partial charge is 0.326 e. The molecule has 23 heavy (non-hydrogen) atoms. The van der Waals surface area contributed by atoms with E-state index in [2.05, 4.69) is 5.32 Å². The summed E-state index contributed by atoms with van der Waals surface area (Å²) in [7, 11) is 1.73. The molecule has 0 unspecified atom stereocenters. The molecule has 0 saturated heterocycles. The number of amides is 2. The summed E-state index contributed by atoms with van der Waals surface area (Å²) in [5.74, 6) is 0. The normalized spacial score (nSPS) is 11.2. The van der Waals surface area contributed by atoms with Crippen LogP contribution < -0.4 is 10.2 Å². The number of anilines is 2. The third-order valence-electron chi connectivity index (χ3n) is 3.66. The van der Waals surface area contributed by atoms with Gasteiger partial charge in [0.05, 0.1) is 5.60 Å². The van der Waals surface area contributed by atoms with Crippen LogP contribution in [-0.4, -0.2) is 23.8 Å². The Morgan fingerprint density at radius 3 is 2.39 bits per heavy atom. The van der Waals surface area contributed by atoms with Crippen LogP contribution in [0.2, 0.25) is 0 Å². The molecule has 0 aliphatic rings. The predicted molar refractivity (Wildman–Crippen MR) is 95.0 cm³/mol. The molecule has 2 rings (SSSR count). The molecule has 2 N–H and O–H groups in total. The second-order valence-electron chi connectivity index (χ2n) is 6.42. The number of aryl methyl sites for hydroxylation is 1. The maximum atomic E-state index is 12.5. The Bertz CT molecular complexity index is 676. The molecule has 0 saturated carbocycles. The largest absolute Gasteiger partial charge is 0.390 e. The van der Waals surface area contributed by atoms with Crippen molar-refractivity contribution >= 4 is 17.4 Å². The van der Waals surface area contributed by atoms with E-state index in [9.17, 15) is 9.90 Å². The number of nitrogens with one attached hydrogen (secondary N) is 1. The van der Waals surface area contributed by atoms with Gasteiger partial charge in [-0.2, -0.15) is 0 Å². The SMILES string of the molecule is Cc1cccc(CC(C)(C)O)c1NC(=O)N(C)c1ccccc1. The number of para-hydroxylation sites is 2. The van der Waals surface area contributed by atoms with Crippen LogP contribution in [0.4, 0.5) is 16.2 Å². The fourth-order valence-electron chi connectivity index (χ4n) is 2.48. The Labute approximate surface area is 137 Å². The highest BCUT2D eigenvalue weighted by Gasteiger charge is 2.19. The molecule has 0 atom stereocenters. The zero-order valence-electron chi connectivity index (χ0n) is 14.1. The van der Waals surface area contributed by atoms with E-state index in [0.29, 0.717) is 6.42 Å². The van der Waals surface area contributed by atoms with Crippen molar-refractivity contribution in [3.8, 4) is 0 Å². The van der Waals surface area contributed by atoms with Gasteiger partial charge in [-0.05, 0) is 44.0 Å². The molecule has 0 radical (unpaired) electrons. The fourth-order valence-corrected chi connectivity index (χ4v) is 2.48. The summed E-state index contributed by atoms with van der Waals surface area (Å²) in [6, 6.07) is 15.1. The van der Waals surface area contributed by atoms with Crippen LogP contribution in [0.25, 0.3) is 0 Å². The number of rotatable bonds is 4. The van der Waals surface area contributed by atoms with Gasteiger partial charge < -0.3 is 10.4 Å². The van der Waals surface area contributed by atoms with Crippen molar-refractivity contribution in [2.75, 3.05) is 17.3 Å². The number of benzene rings is 2. The third-order valence-corrected chi connectivity index (χ3v) is 3.66. The first kappa shape index (κ1) is 17.0. The topological polar surface area (TPSA) is 52.6 Å². The predicted octanol–water partition coefficient (Wildman–Crippen LogP) is 3.98. The van der Waals surface area contributed by atoms with Crippen molar-refractivity contribution in [1.82, 2.24) is 0 Å². The molecule has 4 heteroatoms. The van der Waals surface area contributed by atoms with Crippen LogP contribution in [0.5, 0.6) is 0 Å². The first-order valence-corrected chi connectivity index (χ1v) is 7.68. The van der Waals surface area contributed by atoms with E-state index in [1.54, 1.807) is 25.8 Å². The minimum absolute atomic E-state index is 0.206. The van der Waals surface area contributed by atoms with Gasteiger partial charge >= 0.3 is 6.03 Å². The van der Waals surface area contributed by atoms with Crippen molar-refractivity contribution in [1.29, 1.82) is 0 Å². The lowest BCUT2D eigenvalue weighted by molar-refractivity contribution is 0.0811. The molecule has 4 nitrogen and oxygen atoms in total. The Kier molecular flexibility index (Phi) is 5.06. The highest BCUT2D eigenvalue weighted by atomic mass is 16.3. The Hall–Kier alpha value is -2.33. The molecule has 2 aromatic carbocycles. The minimum Gasteiger partial charge on any atom is -0.390 e. The number of aliphatic hydroxyl groups is 1. The van der Waals surface area contributed by atoms with Gasteiger partial charge in [-0.25, -0.2) is 4.79 Å². The number of urea groups is 1. The van der Waals surface area contributed by atoms with Gasteiger partial charge in [0, 0.05) is 24.8 Å². The van der Waals surface area contributed by atoms with E-state index in [4.69, 9.17) is 0 Å². The molecule has 0 aliphatic carbocycles. The zero-order valence-corrected chi connectivity index (χ0v) is 14.1. The molecule has 122 valence electrons. The Balaban J connectivity index is 2.24. The van der Waals surface area contributed by atoms with Crippen molar-refractivity contribution < 1.29 is 9.90 Å². The van der Waals surface area contributed by atoms with Gasteiger partial charge in [0.1, 0.15) is 0 Å². The van der Waals surface area contributed by atoms with Crippen LogP contribution in [0.1, 0.15) is 25.0 Å². The minimum atomic E-state index is -0.835. The molecule has 2 amide bonds. The maximum Gasteiger partial charge on any atom is 0.326 e. The van der Waals surface area contributed by atoms with Crippen molar-refractivity contribution in [2.24, 2.45) is 0 Å². The number of hydrogen-bond donors (Lipinski definition) is 2. The van der Waals surface area contributed by atoms with Crippen molar-refractivity contribution in [3.05, 3.63) is 59.7 Å². The summed E-state index contributed by atoms with van der Waals surface area (Å²) >= 11 is 0. The maximum absolute atomic E-state index is 12.5.